The number of benzene rings is 3. The van der Waals surface area contributed by atoms with Crippen molar-refractivity contribution in [2.24, 2.45) is 0 Å². The smallest absolute Gasteiger partial charge is 0.261 e. The molecular formula is C22H20N4O2. The van der Waals surface area contributed by atoms with Gasteiger partial charge in [0.25, 0.3) is 5.91 Å². The van der Waals surface area contributed by atoms with Gasteiger partial charge in [-0.25, -0.2) is 9.67 Å². The molecule has 0 fully saturated rings. The van der Waals surface area contributed by atoms with Gasteiger partial charge in [0.2, 0.25) is 0 Å². The molecule has 1 unspecified atom stereocenters. The number of para-hydroxylation sites is 1. The molecule has 1 aromatic heterocycles. The van der Waals surface area contributed by atoms with Gasteiger partial charge in [-0.1, -0.05) is 48.5 Å². The van der Waals surface area contributed by atoms with Crippen molar-refractivity contribution in [2.75, 3.05) is 0 Å². The summed E-state index contributed by atoms with van der Waals surface area (Å²) in [6.45, 7) is 2.12. The minimum Gasteiger partial charge on any atom is -0.481 e. The molecule has 140 valence electrons. The van der Waals surface area contributed by atoms with E-state index in [-0.39, 0.29) is 5.91 Å². The molecule has 0 radical (unpaired) electrons. The van der Waals surface area contributed by atoms with Crippen molar-refractivity contribution in [3.05, 3.63) is 84.9 Å². The average molecular weight is 372 g/mol. The van der Waals surface area contributed by atoms with Crippen molar-refractivity contribution >= 4 is 16.7 Å². The fourth-order valence-corrected chi connectivity index (χ4v) is 3.04. The lowest BCUT2D eigenvalue weighted by Crippen LogP contribution is -2.36. The lowest BCUT2D eigenvalue weighted by atomic mass is 10.1. The molecule has 4 aromatic rings. The Morgan fingerprint density at radius 3 is 2.68 bits per heavy atom. The Hall–Kier alpha value is -3.67. The summed E-state index contributed by atoms with van der Waals surface area (Å²) in [4.78, 5) is 16.5. The number of rotatable bonds is 6. The number of aromatic nitrogens is 3. The summed E-state index contributed by atoms with van der Waals surface area (Å²) in [6, 6.07) is 21.6. The highest BCUT2D eigenvalue weighted by molar-refractivity contribution is 5.84. The first-order valence-corrected chi connectivity index (χ1v) is 9.07. The Kier molecular flexibility index (Phi) is 5.01. The van der Waals surface area contributed by atoms with Crippen LogP contribution >= 0.6 is 0 Å². The van der Waals surface area contributed by atoms with Gasteiger partial charge in [-0.3, -0.25) is 4.79 Å². The molecule has 0 spiro atoms. The summed E-state index contributed by atoms with van der Waals surface area (Å²) in [5, 5.41) is 9.31. The van der Waals surface area contributed by atoms with Gasteiger partial charge < -0.3 is 10.1 Å². The molecule has 1 N–H and O–H groups in total. The van der Waals surface area contributed by atoms with Gasteiger partial charge in [0.15, 0.2) is 6.10 Å². The van der Waals surface area contributed by atoms with Gasteiger partial charge in [-0.15, -0.1) is 0 Å². The van der Waals surface area contributed by atoms with E-state index in [0.29, 0.717) is 12.3 Å². The number of hydrogen-bond donors (Lipinski definition) is 1. The summed E-state index contributed by atoms with van der Waals surface area (Å²) in [6.07, 6.45) is 2.50. The second kappa shape index (κ2) is 7.92. The number of carbonyl (C=O) groups is 1. The highest BCUT2D eigenvalue weighted by atomic mass is 16.5. The van der Waals surface area contributed by atoms with Crippen LogP contribution in [0.25, 0.3) is 16.5 Å². The van der Waals surface area contributed by atoms with Crippen molar-refractivity contribution in [3.63, 3.8) is 0 Å². The monoisotopic (exact) mass is 372 g/mol. The Bertz CT molecular complexity index is 1090. The number of hydrogen-bond acceptors (Lipinski definition) is 4. The molecule has 1 amide bonds. The second-order valence-corrected chi connectivity index (χ2v) is 6.46. The summed E-state index contributed by atoms with van der Waals surface area (Å²) in [7, 11) is 0. The Morgan fingerprint density at radius 1 is 1.07 bits per heavy atom. The molecule has 3 aromatic carbocycles. The third-order valence-electron chi connectivity index (χ3n) is 4.51. The minimum atomic E-state index is -0.611. The first-order valence-electron chi connectivity index (χ1n) is 9.07. The van der Waals surface area contributed by atoms with Crippen molar-refractivity contribution in [3.8, 4) is 11.4 Å². The van der Waals surface area contributed by atoms with Crippen molar-refractivity contribution in [2.45, 2.75) is 19.6 Å². The molecule has 28 heavy (non-hydrogen) atoms. The van der Waals surface area contributed by atoms with E-state index in [1.54, 1.807) is 17.9 Å². The summed E-state index contributed by atoms with van der Waals surface area (Å²) >= 11 is 0. The molecule has 0 saturated heterocycles. The van der Waals surface area contributed by atoms with E-state index in [4.69, 9.17) is 4.74 Å². The zero-order chi connectivity index (χ0) is 19.3. The first kappa shape index (κ1) is 17.7. The van der Waals surface area contributed by atoms with Gasteiger partial charge >= 0.3 is 0 Å². The minimum absolute atomic E-state index is 0.179. The molecule has 0 saturated carbocycles. The van der Waals surface area contributed by atoms with Gasteiger partial charge in [0, 0.05) is 6.54 Å². The Balaban J connectivity index is 1.41. The maximum Gasteiger partial charge on any atom is 0.261 e. The van der Waals surface area contributed by atoms with Gasteiger partial charge in [0.05, 0.1) is 5.69 Å². The van der Waals surface area contributed by atoms with Crippen LogP contribution in [0.5, 0.6) is 5.75 Å². The molecule has 0 aliphatic carbocycles. The largest absolute Gasteiger partial charge is 0.481 e. The maximum absolute atomic E-state index is 12.5. The lowest BCUT2D eigenvalue weighted by Gasteiger charge is -2.16. The standard InChI is InChI=1S/C22H20N4O2/c1-16(28-20-11-10-17-6-2-3-7-18(17)12-20)22(27)24-13-19-8-4-5-9-21(19)26-15-23-14-25-26/h2-12,14-16H,13H2,1H3,(H,24,27). The first-order chi connectivity index (χ1) is 13.7. The molecule has 6 nitrogen and oxygen atoms in total. The number of ether oxygens (including phenoxy) is 1. The van der Waals surface area contributed by atoms with Crippen molar-refractivity contribution in [1.29, 1.82) is 0 Å². The second-order valence-electron chi connectivity index (χ2n) is 6.46. The van der Waals surface area contributed by atoms with Crippen LogP contribution in [-0.2, 0) is 11.3 Å². The number of nitrogens with zero attached hydrogens (tertiary/aromatic N) is 3. The van der Waals surface area contributed by atoms with E-state index in [1.807, 2.05) is 66.7 Å². The quantitative estimate of drug-likeness (QED) is 0.562. The molecule has 0 bridgehead atoms. The number of fused-ring (bicyclic) bond motifs is 1. The van der Waals surface area contributed by atoms with E-state index >= 15 is 0 Å². The van der Waals surface area contributed by atoms with Gasteiger partial charge in [-0.2, -0.15) is 5.10 Å². The highest BCUT2D eigenvalue weighted by Gasteiger charge is 2.15. The molecule has 0 aliphatic heterocycles. The van der Waals surface area contributed by atoms with E-state index in [1.165, 1.54) is 6.33 Å². The fraction of sp³-hybridized carbons (Fsp3) is 0.136. The normalized spacial score (nSPS) is 11.9. The van der Waals surface area contributed by atoms with Crippen molar-refractivity contribution in [1.82, 2.24) is 20.1 Å². The molecule has 6 heteroatoms. The summed E-state index contributed by atoms with van der Waals surface area (Å²) < 4.78 is 7.51. The molecular weight excluding hydrogens is 352 g/mol. The third-order valence-corrected chi connectivity index (χ3v) is 4.51. The summed E-state index contributed by atoms with van der Waals surface area (Å²) in [5.41, 5.74) is 1.82. The Morgan fingerprint density at radius 2 is 1.86 bits per heavy atom. The van der Waals surface area contributed by atoms with Crippen LogP contribution < -0.4 is 10.1 Å². The predicted octanol–water partition coefficient (Wildman–Crippen LogP) is 3.50. The number of carbonyl (C=O) groups excluding carboxylic acids is 1. The van der Waals surface area contributed by atoms with Gasteiger partial charge in [0.1, 0.15) is 18.4 Å². The van der Waals surface area contributed by atoms with Crippen LogP contribution in [0, 0.1) is 0 Å². The highest BCUT2D eigenvalue weighted by Crippen LogP contribution is 2.21. The third kappa shape index (κ3) is 3.86. The predicted molar refractivity (Wildman–Crippen MR) is 107 cm³/mol. The van der Waals surface area contributed by atoms with Crippen LogP contribution in [0.15, 0.2) is 79.4 Å². The number of nitrogens with one attached hydrogen (secondary N) is 1. The van der Waals surface area contributed by atoms with E-state index < -0.39 is 6.10 Å². The molecule has 0 aliphatic rings. The zero-order valence-electron chi connectivity index (χ0n) is 15.4. The zero-order valence-corrected chi connectivity index (χ0v) is 15.4. The van der Waals surface area contributed by atoms with E-state index in [2.05, 4.69) is 15.4 Å². The average Bonchev–Trinajstić information content (AvgIpc) is 3.27. The van der Waals surface area contributed by atoms with Crippen LogP contribution in [0.4, 0.5) is 0 Å². The lowest BCUT2D eigenvalue weighted by molar-refractivity contribution is -0.127. The van der Waals surface area contributed by atoms with Crippen LogP contribution in [0.1, 0.15) is 12.5 Å². The fourth-order valence-electron chi connectivity index (χ4n) is 3.04. The van der Waals surface area contributed by atoms with Crippen LogP contribution in [0.3, 0.4) is 0 Å². The topological polar surface area (TPSA) is 69.0 Å². The van der Waals surface area contributed by atoms with Crippen molar-refractivity contribution < 1.29 is 9.53 Å². The van der Waals surface area contributed by atoms with E-state index in [9.17, 15) is 4.79 Å². The SMILES string of the molecule is CC(Oc1ccc2ccccc2c1)C(=O)NCc1ccccc1-n1cncn1. The van der Waals surface area contributed by atoms with E-state index in [0.717, 1.165) is 22.0 Å². The van der Waals surface area contributed by atoms with Crippen LogP contribution in [-0.4, -0.2) is 26.8 Å². The van der Waals surface area contributed by atoms with Crippen LogP contribution in [0.2, 0.25) is 0 Å². The summed E-state index contributed by atoms with van der Waals surface area (Å²) in [5.74, 6) is 0.492. The maximum atomic E-state index is 12.5. The number of amides is 1. The molecule has 1 atom stereocenters. The molecule has 1 heterocycles. The van der Waals surface area contributed by atoms with Gasteiger partial charge in [-0.05, 0) is 41.5 Å². The molecule has 4 rings (SSSR count). The Labute approximate surface area is 162 Å².